The zero-order chi connectivity index (χ0) is 15.7. The van der Waals surface area contributed by atoms with Crippen LogP contribution in [0.15, 0.2) is 22.7 Å². The van der Waals surface area contributed by atoms with E-state index in [4.69, 9.17) is 4.52 Å². The highest BCUT2D eigenvalue weighted by atomic mass is 16.5. The largest absolute Gasteiger partial charge is 0.369 e. The average Bonchev–Trinajstić information content (AvgIpc) is 2.96. The van der Waals surface area contributed by atoms with Crippen molar-refractivity contribution < 1.29 is 4.52 Å². The molecule has 0 radical (unpaired) electrons. The molecule has 5 nitrogen and oxygen atoms in total. The maximum atomic E-state index is 5.31. The molecule has 0 saturated carbocycles. The van der Waals surface area contributed by atoms with Crippen LogP contribution in [-0.2, 0) is 0 Å². The summed E-state index contributed by atoms with van der Waals surface area (Å²) in [4.78, 5) is 9.24. The number of piperazine rings is 1. The van der Waals surface area contributed by atoms with Gasteiger partial charge in [0, 0.05) is 31.9 Å². The van der Waals surface area contributed by atoms with E-state index in [1.54, 1.807) is 0 Å². The normalized spacial score (nSPS) is 17.7. The summed E-state index contributed by atoms with van der Waals surface area (Å²) >= 11 is 0. The number of nitrogens with zero attached hydrogens (tertiary/aromatic N) is 4. The van der Waals surface area contributed by atoms with Gasteiger partial charge in [0.15, 0.2) is 5.82 Å². The Hall–Kier alpha value is -1.88. The molecule has 5 heteroatoms. The van der Waals surface area contributed by atoms with Crippen molar-refractivity contribution in [3.05, 3.63) is 41.0 Å². The van der Waals surface area contributed by atoms with Crippen molar-refractivity contribution in [2.75, 3.05) is 31.1 Å². The number of aryl methyl sites for hydroxylation is 2. The smallest absolute Gasteiger partial charge is 0.243 e. The fourth-order valence-electron chi connectivity index (χ4n) is 3.07. The van der Waals surface area contributed by atoms with Crippen LogP contribution >= 0.6 is 0 Å². The Morgan fingerprint density at radius 1 is 1.09 bits per heavy atom. The molecular formula is C17H24N4O. The van der Waals surface area contributed by atoms with Gasteiger partial charge in [-0.2, -0.15) is 4.98 Å². The molecule has 1 aromatic carbocycles. The molecule has 1 aliphatic heterocycles. The lowest BCUT2D eigenvalue weighted by atomic mass is 10.1. The summed E-state index contributed by atoms with van der Waals surface area (Å²) < 4.78 is 5.31. The maximum absolute atomic E-state index is 5.31. The molecule has 0 N–H and O–H groups in total. The van der Waals surface area contributed by atoms with Crippen LogP contribution in [-0.4, -0.2) is 41.2 Å². The second-order valence-corrected chi connectivity index (χ2v) is 6.10. The molecule has 1 atom stereocenters. The van der Waals surface area contributed by atoms with Crippen LogP contribution in [0.1, 0.15) is 35.8 Å². The first-order valence-electron chi connectivity index (χ1n) is 7.91. The highest BCUT2D eigenvalue weighted by molar-refractivity contribution is 5.56. The Bertz CT molecular complexity index is 644. The third kappa shape index (κ3) is 2.86. The van der Waals surface area contributed by atoms with Crippen molar-refractivity contribution in [2.24, 2.45) is 0 Å². The first kappa shape index (κ1) is 15.0. The van der Waals surface area contributed by atoms with Gasteiger partial charge < -0.3 is 9.42 Å². The van der Waals surface area contributed by atoms with Crippen molar-refractivity contribution in [2.45, 2.75) is 33.7 Å². The van der Waals surface area contributed by atoms with Crippen LogP contribution < -0.4 is 4.90 Å². The van der Waals surface area contributed by atoms with Crippen LogP contribution in [0.2, 0.25) is 0 Å². The molecule has 2 heterocycles. The van der Waals surface area contributed by atoms with Gasteiger partial charge in [-0.25, -0.2) is 0 Å². The summed E-state index contributed by atoms with van der Waals surface area (Å²) in [5, 5.41) is 3.89. The van der Waals surface area contributed by atoms with Gasteiger partial charge in [0.1, 0.15) is 0 Å². The molecule has 1 unspecified atom stereocenters. The van der Waals surface area contributed by atoms with Crippen LogP contribution in [0.5, 0.6) is 0 Å². The van der Waals surface area contributed by atoms with Gasteiger partial charge in [0.25, 0.3) is 0 Å². The zero-order valence-corrected chi connectivity index (χ0v) is 13.8. The molecule has 118 valence electrons. The Kier molecular flexibility index (Phi) is 4.16. The molecular weight excluding hydrogens is 276 g/mol. The second-order valence-electron chi connectivity index (χ2n) is 6.10. The minimum absolute atomic E-state index is 0.182. The fourth-order valence-corrected chi connectivity index (χ4v) is 3.07. The first-order valence-corrected chi connectivity index (χ1v) is 7.91. The summed E-state index contributed by atoms with van der Waals surface area (Å²) in [6.45, 7) is 12.5. The predicted molar refractivity (Wildman–Crippen MR) is 87.2 cm³/mol. The van der Waals surface area contributed by atoms with E-state index < -0.39 is 0 Å². The lowest BCUT2D eigenvalue weighted by Crippen LogP contribution is -2.47. The molecule has 1 fully saturated rings. The summed E-state index contributed by atoms with van der Waals surface area (Å²) in [6.07, 6.45) is 0. The quantitative estimate of drug-likeness (QED) is 0.872. The lowest BCUT2D eigenvalue weighted by molar-refractivity contribution is 0.164. The summed E-state index contributed by atoms with van der Waals surface area (Å²) in [7, 11) is 0. The van der Waals surface area contributed by atoms with Gasteiger partial charge in [0.2, 0.25) is 5.89 Å². The van der Waals surface area contributed by atoms with E-state index in [1.165, 1.54) is 16.8 Å². The lowest BCUT2D eigenvalue weighted by Gasteiger charge is -2.38. The Morgan fingerprint density at radius 2 is 1.82 bits per heavy atom. The number of aromatic nitrogens is 2. The maximum Gasteiger partial charge on any atom is 0.243 e. The highest BCUT2D eigenvalue weighted by Crippen LogP contribution is 2.26. The van der Waals surface area contributed by atoms with E-state index in [1.807, 2.05) is 6.92 Å². The molecule has 1 saturated heterocycles. The Morgan fingerprint density at radius 3 is 2.45 bits per heavy atom. The average molecular weight is 300 g/mol. The van der Waals surface area contributed by atoms with Gasteiger partial charge in [-0.1, -0.05) is 17.3 Å². The Labute approximate surface area is 131 Å². The topological polar surface area (TPSA) is 45.4 Å². The highest BCUT2D eigenvalue weighted by Gasteiger charge is 2.26. The summed E-state index contributed by atoms with van der Waals surface area (Å²) in [6, 6.07) is 6.73. The van der Waals surface area contributed by atoms with Gasteiger partial charge in [-0.3, -0.25) is 4.90 Å². The van der Waals surface area contributed by atoms with E-state index in [0.717, 1.165) is 32.1 Å². The van der Waals surface area contributed by atoms with Crippen molar-refractivity contribution in [3.63, 3.8) is 0 Å². The third-order valence-corrected chi connectivity index (χ3v) is 4.68. The summed E-state index contributed by atoms with van der Waals surface area (Å²) in [5.41, 5.74) is 4.10. The minimum atomic E-state index is 0.182. The number of anilines is 1. The minimum Gasteiger partial charge on any atom is -0.369 e. The number of hydrogen-bond donors (Lipinski definition) is 0. The van der Waals surface area contributed by atoms with Crippen molar-refractivity contribution in [1.29, 1.82) is 0 Å². The van der Waals surface area contributed by atoms with Gasteiger partial charge >= 0.3 is 0 Å². The second kappa shape index (κ2) is 6.08. The summed E-state index contributed by atoms with van der Waals surface area (Å²) in [5.74, 6) is 1.42. The third-order valence-electron chi connectivity index (χ3n) is 4.68. The van der Waals surface area contributed by atoms with Crippen LogP contribution in [0, 0.1) is 20.8 Å². The van der Waals surface area contributed by atoms with Gasteiger partial charge in [-0.15, -0.1) is 0 Å². The first-order chi connectivity index (χ1) is 10.6. The molecule has 3 rings (SSSR count). The van der Waals surface area contributed by atoms with Gasteiger partial charge in [0.05, 0.1) is 6.04 Å². The van der Waals surface area contributed by atoms with Crippen LogP contribution in [0.3, 0.4) is 0 Å². The SMILES string of the molecule is Cc1noc(C(C)N2CCN(c3cccc(C)c3C)CC2)n1. The van der Waals surface area contributed by atoms with Gasteiger partial charge in [-0.05, 0) is 44.9 Å². The van der Waals surface area contributed by atoms with E-state index in [0.29, 0.717) is 5.82 Å². The number of rotatable bonds is 3. The van der Waals surface area contributed by atoms with Crippen molar-refractivity contribution >= 4 is 5.69 Å². The zero-order valence-electron chi connectivity index (χ0n) is 13.8. The van der Waals surface area contributed by atoms with E-state index in [2.05, 4.69) is 58.9 Å². The molecule has 0 amide bonds. The molecule has 1 aliphatic rings. The monoisotopic (exact) mass is 300 g/mol. The fraction of sp³-hybridized carbons (Fsp3) is 0.529. The number of hydrogen-bond acceptors (Lipinski definition) is 5. The van der Waals surface area contributed by atoms with Crippen LogP contribution in [0.4, 0.5) is 5.69 Å². The van der Waals surface area contributed by atoms with E-state index in [-0.39, 0.29) is 6.04 Å². The molecule has 1 aromatic heterocycles. The molecule has 22 heavy (non-hydrogen) atoms. The molecule has 2 aromatic rings. The Balaban J connectivity index is 1.66. The molecule has 0 spiro atoms. The van der Waals surface area contributed by atoms with E-state index in [9.17, 15) is 0 Å². The van der Waals surface area contributed by atoms with Crippen LogP contribution in [0.25, 0.3) is 0 Å². The predicted octanol–water partition coefficient (Wildman–Crippen LogP) is 2.88. The van der Waals surface area contributed by atoms with E-state index >= 15 is 0 Å². The number of benzene rings is 1. The van der Waals surface area contributed by atoms with Crippen molar-refractivity contribution in [1.82, 2.24) is 15.0 Å². The molecule has 0 aliphatic carbocycles. The standard InChI is InChI=1S/C17H24N4O/c1-12-6-5-7-16(13(12)2)21-10-8-20(9-11-21)14(3)17-18-15(4)19-22-17/h5-7,14H,8-11H2,1-4H3. The molecule has 0 bridgehead atoms. The van der Waals surface area contributed by atoms with Crippen molar-refractivity contribution in [3.8, 4) is 0 Å².